The van der Waals surface area contributed by atoms with Gasteiger partial charge in [-0.2, -0.15) is 0 Å². The lowest BCUT2D eigenvalue weighted by Gasteiger charge is -2.42. The van der Waals surface area contributed by atoms with Crippen molar-refractivity contribution in [2.24, 2.45) is 11.3 Å². The molecule has 1 heterocycles. The summed E-state index contributed by atoms with van der Waals surface area (Å²) in [5.74, 6) is 0.459. The zero-order chi connectivity index (χ0) is 14.0. The Hall–Kier alpha value is -0.120. The van der Waals surface area contributed by atoms with Gasteiger partial charge in [-0.25, -0.2) is 0 Å². The van der Waals surface area contributed by atoms with E-state index in [1.54, 1.807) is 0 Å². The highest BCUT2D eigenvalue weighted by molar-refractivity contribution is 4.89. The normalized spacial score (nSPS) is 36.0. The molecule has 112 valence electrons. The van der Waals surface area contributed by atoms with E-state index in [1.807, 2.05) is 0 Å². The molecule has 3 nitrogen and oxygen atoms in total. The largest absolute Gasteiger partial charge is 0.392 e. The van der Waals surface area contributed by atoms with Crippen molar-refractivity contribution in [3.05, 3.63) is 0 Å². The van der Waals surface area contributed by atoms with Crippen molar-refractivity contribution >= 4 is 0 Å². The molecule has 3 atom stereocenters. The molecule has 1 aliphatic heterocycles. The van der Waals surface area contributed by atoms with Crippen molar-refractivity contribution < 1.29 is 5.11 Å². The monoisotopic (exact) mass is 268 g/mol. The molecule has 0 amide bonds. The van der Waals surface area contributed by atoms with E-state index in [-0.39, 0.29) is 11.5 Å². The fourth-order valence-corrected chi connectivity index (χ4v) is 4.00. The summed E-state index contributed by atoms with van der Waals surface area (Å²) in [5, 5.41) is 10.5. The maximum absolute atomic E-state index is 10.5. The molecule has 0 aromatic carbocycles. The van der Waals surface area contributed by atoms with Crippen LogP contribution in [-0.2, 0) is 0 Å². The molecular formula is C16H32N2O. The third kappa shape index (κ3) is 3.71. The summed E-state index contributed by atoms with van der Waals surface area (Å²) in [6, 6.07) is 0.721. The van der Waals surface area contributed by atoms with Crippen molar-refractivity contribution in [2.45, 2.75) is 58.1 Å². The Morgan fingerprint density at radius 2 is 1.95 bits per heavy atom. The summed E-state index contributed by atoms with van der Waals surface area (Å²) in [4.78, 5) is 4.93. The van der Waals surface area contributed by atoms with E-state index in [1.165, 1.54) is 38.6 Å². The number of likely N-dealkylation sites (N-methyl/N-ethyl adjacent to an activating group) is 2. The summed E-state index contributed by atoms with van der Waals surface area (Å²) >= 11 is 0. The number of hydrogen-bond donors (Lipinski definition) is 1. The van der Waals surface area contributed by atoms with Crippen LogP contribution in [0.25, 0.3) is 0 Å². The molecule has 1 saturated carbocycles. The topological polar surface area (TPSA) is 26.7 Å². The van der Waals surface area contributed by atoms with Crippen molar-refractivity contribution in [1.29, 1.82) is 0 Å². The van der Waals surface area contributed by atoms with Gasteiger partial charge in [0.05, 0.1) is 6.10 Å². The van der Waals surface area contributed by atoms with Gasteiger partial charge in [0.25, 0.3) is 0 Å². The highest BCUT2D eigenvalue weighted by Gasteiger charge is 2.38. The lowest BCUT2D eigenvalue weighted by Crippen LogP contribution is -2.46. The van der Waals surface area contributed by atoms with Gasteiger partial charge in [-0.05, 0) is 57.7 Å². The first-order valence-corrected chi connectivity index (χ1v) is 7.97. The Labute approximate surface area is 119 Å². The second-order valence-electron chi connectivity index (χ2n) is 7.58. The quantitative estimate of drug-likeness (QED) is 0.847. The van der Waals surface area contributed by atoms with E-state index in [0.29, 0.717) is 5.92 Å². The molecule has 0 spiro atoms. The van der Waals surface area contributed by atoms with Gasteiger partial charge >= 0.3 is 0 Å². The van der Waals surface area contributed by atoms with Gasteiger partial charge in [-0.3, -0.25) is 0 Å². The molecule has 19 heavy (non-hydrogen) atoms. The molecule has 1 aliphatic carbocycles. The minimum Gasteiger partial charge on any atom is -0.392 e. The predicted octanol–water partition coefficient (Wildman–Crippen LogP) is 2.20. The van der Waals surface area contributed by atoms with Gasteiger partial charge in [0.15, 0.2) is 0 Å². The van der Waals surface area contributed by atoms with Crippen LogP contribution in [0.5, 0.6) is 0 Å². The molecule has 1 saturated heterocycles. The first kappa shape index (κ1) is 15.3. The molecule has 0 aromatic rings. The van der Waals surface area contributed by atoms with Crippen LogP contribution in [0.4, 0.5) is 0 Å². The van der Waals surface area contributed by atoms with Gasteiger partial charge in [-0.1, -0.05) is 20.3 Å². The van der Waals surface area contributed by atoms with E-state index in [0.717, 1.165) is 19.1 Å². The average Bonchev–Trinajstić information content (AvgIpc) is 2.71. The Bertz CT molecular complexity index is 292. The van der Waals surface area contributed by atoms with Crippen LogP contribution < -0.4 is 0 Å². The highest BCUT2D eigenvalue weighted by Crippen LogP contribution is 2.39. The Morgan fingerprint density at radius 1 is 1.21 bits per heavy atom. The lowest BCUT2D eigenvalue weighted by molar-refractivity contribution is -0.0419. The van der Waals surface area contributed by atoms with Crippen molar-refractivity contribution in [3.63, 3.8) is 0 Å². The first-order valence-electron chi connectivity index (χ1n) is 7.97. The molecular weight excluding hydrogens is 236 g/mol. The predicted molar refractivity (Wildman–Crippen MR) is 80.3 cm³/mol. The summed E-state index contributed by atoms with van der Waals surface area (Å²) in [6.45, 7) is 7.88. The van der Waals surface area contributed by atoms with Crippen LogP contribution in [0.2, 0.25) is 0 Å². The molecule has 0 aromatic heterocycles. The fourth-order valence-electron chi connectivity index (χ4n) is 4.00. The van der Waals surface area contributed by atoms with E-state index in [2.05, 4.69) is 37.7 Å². The number of nitrogens with zero attached hydrogens (tertiary/aromatic N) is 2. The van der Waals surface area contributed by atoms with Crippen LogP contribution in [0, 0.1) is 11.3 Å². The summed E-state index contributed by atoms with van der Waals surface area (Å²) < 4.78 is 0. The third-order valence-corrected chi connectivity index (χ3v) is 5.38. The Kier molecular flexibility index (Phi) is 4.91. The number of likely N-dealkylation sites (tertiary alicyclic amines) is 1. The van der Waals surface area contributed by atoms with Crippen LogP contribution in [-0.4, -0.2) is 60.8 Å². The highest BCUT2D eigenvalue weighted by atomic mass is 16.3. The number of rotatable bonds is 4. The number of hydrogen-bond acceptors (Lipinski definition) is 3. The minimum absolute atomic E-state index is 0.105. The Balaban J connectivity index is 1.82. The SMILES string of the molecule is CN(CC1CCCC(C)(C)C1O)CC1CCCN1C. The first-order chi connectivity index (χ1) is 8.90. The average molecular weight is 268 g/mol. The molecule has 2 aliphatic rings. The van der Waals surface area contributed by atoms with Gasteiger partial charge < -0.3 is 14.9 Å². The minimum atomic E-state index is -0.134. The number of aliphatic hydroxyl groups is 1. The molecule has 3 unspecified atom stereocenters. The second-order valence-corrected chi connectivity index (χ2v) is 7.58. The van der Waals surface area contributed by atoms with E-state index >= 15 is 0 Å². The van der Waals surface area contributed by atoms with Gasteiger partial charge in [-0.15, -0.1) is 0 Å². The lowest BCUT2D eigenvalue weighted by atomic mass is 9.69. The van der Waals surface area contributed by atoms with Crippen LogP contribution in [0.3, 0.4) is 0 Å². The molecule has 0 bridgehead atoms. The Morgan fingerprint density at radius 3 is 2.58 bits per heavy atom. The van der Waals surface area contributed by atoms with Gasteiger partial charge in [0.2, 0.25) is 0 Å². The zero-order valence-corrected chi connectivity index (χ0v) is 13.2. The molecule has 1 N–H and O–H groups in total. The maximum Gasteiger partial charge on any atom is 0.0631 e. The van der Waals surface area contributed by atoms with Gasteiger partial charge in [0.1, 0.15) is 0 Å². The molecule has 0 radical (unpaired) electrons. The smallest absolute Gasteiger partial charge is 0.0631 e. The van der Waals surface area contributed by atoms with Crippen molar-refractivity contribution in [3.8, 4) is 0 Å². The van der Waals surface area contributed by atoms with Crippen LogP contribution >= 0.6 is 0 Å². The van der Waals surface area contributed by atoms with Crippen molar-refractivity contribution in [2.75, 3.05) is 33.7 Å². The third-order valence-electron chi connectivity index (χ3n) is 5.38. The molecule has 3 heteroatoms. The van der Waals surface area contributed by atoms with Gasteiger partial charge in [0, 0.05) is 19.1 Å². The molecule has 2 fully saturated rings. The molecule has 2 rings (SSSR count). The zero-order valence-electron chi connectivity index (χ0n) is 13.2. The van der Waals surface area contributed by atoms with E-state index in [4.69, 9.17) is 0 Å². The fraction of sp³-hybridized carbons (Fsp3) is 1.00. The van der Waals surface area contributed by atoms with Crippen LogP contribution in [0.1, 0.15) is 46.0 Å². The maximum atomic E-state index is 10.5. The summed E-state index contributed by atoms with van der Waals surface area (Å²) in [5.41, 5.74) is 0.105. The number of aliphatic hydroxyl groups excluding tert-OH is 1. The summed E-state index contributed by atoms with van der Waals surface area (Å²) in [7, 11) is 4.46. The van der Waals surface area contributed by atoms with E-state index < -0.39 is 0 Å². The summed E-state index contributed by atoms with van der Waals surface area (Å²) in [6.07, 6.45) is 6.17. The standard InChI is InChI=1S/C16H32N2O/c1-16(2)9-5-7-13(15(16)19)11-17(3)12-14-8-6-10-18(14)4/h13-15,19H,5-12H2,1-4H3. The van der Waals surface area contributed by atoms with E-state index in [9.17, 15) is 5.11 Å². The second kappa shape index (κ2) is 6.11. The van der Waals surface area contributed by atoms with Crippen LogP contribution in [0.15, 0.2) is 0 Å². The van der Waals surface area contributed by atoms with Crippen molar-refractivity contribution in [1.82, 2.24) is 9.80 Å².